The standard InChI is InChI=1S/C13H22/c1-4-11(3)10-13-8-6-12(5-2)7-9-13/h6-8,11,13H,4-5,9-10H2,1-3H3. The van der Waals surface area contributed by atoms with Gasteiger partial charge < -0.3 is 0 Å². The maximum atomic E-state index is 2.41. The highest BCUT2D eigenvalue weighted by molar-refractivity contribution is 5.23. The predicted octanol–water partition coefficient (Wildman–Crippen LogP) is 4.34. The van der Waals surface area contributed by atoms with Gasteiger partial charge >= 0.3 is 0 Å². The molecule has 0 aromatic rings. The third-order valence-electron chi connectivity index (χ3n) is 3.08. The van der Waals surface area contributed by atoms with E-state index in [2.05, 4.69) is 39.0 Å². The first-order valence-corrected chi connectivity index (χ1v) is 5.63. The fourth-order valence-corrected chi connectivity index (χ4v) is 1.83. The largest absolute Gasteiger partial charge is 0.0808 e. The molecule has 0 nitrogen and oxygen atoms in total. The average molecular weight is 178 g/mol. The first kappa shape index (κ1) is 10.6. The molecule has 0 N–H and O–H groups in total. The molecule has 1 aliphatic rings. The molecule has 2 unspecified atom stereocenters. The van der Waals surface area contributed by atoms with Gasteiger partial charge in [0.2, 0.25) is 0 Å². The van der Waals surface area contributed by atoms with E-state index in [-0.39, 0.29) is 0 Å². The van der Waals surface area contributed by atoms with Crippen LogP contribution in [0.3, 0.4) is 0 Å². The van der Waals surface area contributed by atoms with Gasteiger partial charge in [0.05, 0.1) is 0 Å². The van der Waals surface area contributed by atoms with Crippen LogP contribution in [0.2, 0.25) is 0 Å². The van der Waals surface area contributed by atoms with Gasteiger partial charge in [0.15, 0.2) is 0 Å². The number of hydrogen-bond donors (Lipinski definition) is 0. The predicted molar refractivity (Wildman–Crippen MR) is 59.7 cm³/mol. The normalized spacial score (nSPS) is 24.2. The van der Waals surface area contributed by atoms with Crippen LogP contribution in [-0.2, 0) is 0 Å². The minimum Gasteiger partial charge on any atom is -0.0808 e. The van der Waals surface area contributed by atoms with E-state index in [0.717, 1.165) is 11.8 Å². The maximum Gasteiger partial charge on any atom is -0.0193 e. The van der Waals surface area contributed by atoms with Gasteiger partial charge in [-0.2, -0.15) is 0 Å². The van der Waals surface area contributed by atoms with Crippen LogP contribution in [0.15, 0.2) is 23.8 Å². The van der Waals surface area contributed by atoms with Crippen molar-refractivity contribution in [2.45, 2.75) is 46.5 Å². The Kier molecular flexibility index (Phi) is 4.27. The van der Waals surface area contributed by atoms with E-state index in [1.54, 1.807) is 0 Å². The molecule has 0 saturated carbocycles. The molecule has 0 spiro atoms. The topological polar surface area (TPSA) is 0 Å². The van der Waals surface area contributed by atoms with Crippen molar-refractivity contribution in [3.05, 3.63) is 23.8 Å². The van der Waals surface area contributed by atoms with Crippen LogP contribution in [0.1, 0.15) is 46.5 Å². The number of hydrogen-bond acceptors (Lipinski definition) is 0. The van der Waals surface area contributed by atoms with E-state index in [4.69, 9.17) is 0 Å². The van der Waals surface area contributed by atoms with Crippen molar-refractivity contribution in [2.75, 3.05) is 0 Å². The summed E-state index contributed by atoms with van der Waals surface area (Å²) in [7, 11) is 0. The highest BCUT2D eigenvalue weighted by Crippen LogP contribution is 2.25. The molecule has 0 aromatic carbocycles. The third kappa shape index (κ3) is 3.38. The second-order valence-corrected chi connectivity index (χ2v) is 4.24. The fourth-order valence-electron chi connectivity index (χ4n) is 1.83. The summed E-state index contributed by atoms with van der Waals surface area (Å²) in [5, 5.41) is 0. The molecule has 0 fully saturated rings. The molecule has 0 heteroatoms. The fraction of sp³-hybridized carbons (Fsp3) is 0.692. The second-order valence-electron chi connectivity index (χ2n) is 4.24. The van der Waals surface area contributed by atoms with Crippen molar-refractivity contribution in [1.29, 1.82) is 0 Å². The van der Waals surface area contributed by atoms with Crippen LogP contribution >= 0.6 is 0 Å². The molecule has 0 radical (unpaired) electrons. The van der Waals surface area contributed by atoms with Gasteiger partial charge in [0.1, 0.15) is 0 Å². The van der Waals surface area contributed by atoms with Crippen molar-refractivity contribution in [3.63, 3.8) is 0 Å². The second kappa shape index (κ2) is 5.26. The first-order valence-electron chi connectivity index (χ1n) is 5.63. The van der Waals surface area contributed by atoms with Gasteiger partial charge in [-0.3, -0.25) is 0 Å². The van der Waals surface area contributed by atoms with Crippen molar-refractivity contribution in [1.82, 2.24) is 0 Å². The number of rotatable bonds is 4. The van der Waals surface area contributed by atoms with Crippen molar-refractivity contribution in [2.24, 2.45) is 11.8 Å². The summed E-state index contributed by atoms with van der Waals surface area (Å²) >= 11 is 0. The van der Waals surface area contributed by atoms with Crippen LogP contribution in [0.25, 0.3) is 0 Å². The van der Waals surface area contributed by atoms with E-state index in [1.165, 1.54) is 31.3 Å². The Hall–Kier alpha value is -0.520. The molecule has 74 valence electrons. The minimum absolute atomic E-state index is 0.810. The summed E-state index contributed by atoms with van der Waals surface area (Å²) in [5.41, 5.74) is 1.51. The highest BCUT2D eigenvalue weighted by atomic mass is 14.2. The lowest BCUT2D eigenvalue weighted by atomic mass is 9.87. The number of allylic oxidation sites excluding steroid dienone is 4. The Balaban J connectivity index is 2.35. The van der Waals surface area contributed by atoms with Crippen LogP contribution in [0, 0.1) is 11.8 Å². The Bertz CT molecular complexity index is 198. The van der Waals surface area contributed by atoms with Gasteiger partial charge in [-0.25, -0.2) is 0 Å². The summed E-state index contributed by atoms with van der Waals surface area (Å²) in [5.74, 6) is 1.69. The highest BCUT2D eigenvalue weighted by Gasteiger charge is 2.10. The van der Waals surface area contributed by atoms with Gasteiger partial charge in [-0.05, 0) is 31.1 Å². The zero-order valence-corrected chi connectivity index (χ0v) is 9.22. The van der Waals surface area contributed by atoms with Crippen LogP contribution in [-0.4, -0.2) is 0 Å². The summed E-state index contributed by atoms with van der Waals surface area (Å²) < 4.78 is 0. The molecule has 0 saturated heterocycles. The van der Waals surface area contributed by atoms with Crippen LogP contribution < -0.4 is 0 Å². The summed E-state index contributed by atoms with van der Waals surface area (Å²) in [6.45, 7) is 6.86. The SMILES string of the molecule is CCC1=CCC(CC(C)CC)C=C1. The van der Waals surface area contributed by atoms with Crippen molar-refractivity contribution in [3.8, 4) is 0 Å². The van der Waals surface area contributed by atoms with Crippen molar-refractivity contribution < 1.29 is 0 Å². The van der Waals surface area contributed by atoms with Gasteiger partial charge in [0, 0.05) is 0 Å². The smallest absolute Gasteiger partial charge is 0.0193 e. The molecule has 13 heavy (non-hydrogen) atoms. The van der Waals surface area contributed by atoms with E-state index in [0.29, 0.717) is 0 Å². The molecule has 0 amide bonds. The molecular weight excluding hydrogens is 156 g/mol. The third-order valence-corrected chi connectivity index (χ3v) is 3.08. The Labute approximate surface area is 82.7 Å². The summed E-state index contributed by atoms with van der Waals surface area (Å²) in [4.78, 5) is 0. The molecule has 0 bridgehead atoms. The maximum absolute atomic E-state index is 2.41. The molecule has 2 atom stereocenters. The van der Waals surface area contributed by atoms with E-state index in [9.17, 15) is 0 Å². The first-order chi connectivity index (χ1) is 6.26. The van der Waals surface area contributed by atoms with Crippen LogP contribution in [0.5, 0.6) is 0 Å². The summed E-state index contributed by atoms with van der Waals surface area (Å²) in [6.07, 6.45) is 12.3. The quantitative estimate of drug-likeness (QED) is 0.601. The van der Waals surface area contributed by atoms with Gasteiger partial charge in [-0.1, -0.05) is 51.0 Å². The van der Waals surface area contributed by atoms with Crippen LogP contribution in [0.4, 0.5) is 0 Å². The Morgan fingerprint density at radius 2 is 2.23 bits per heavy atom. The molecule has 1 aliphatic carbocycles. The summed E-state index contributed by atoms with van der Waals surface area (Å²) in [6, 6.07) is 0. The molecule has 1 rings (SSSR count). The van der Waals surface area contributed by atoms with E-state index < -0.39 is 0 Å². The van der Waals surface area contributed by atoms with Gasteiger partial charge in [0.25, 0.3) is 0 Å². The van der Waals surface area contributed by atoms with E-state index >= 15 is 0 Å². The van der Waals surface area contributed by atoms with Gasteiger partial charge in [-0.15, -0.1) is 0 Å². The van der Waals surface area contributed by atoms with E-state index in [1.807, 2.05) is 0 Å². The lowest BCUT2D eigenvalue weighted by molar-refractivity contribution is 0.434. The molecule has 0 aliphatic heterocycles. The average Bonchev–Trinajstić information content (AvgIpc) is 2.19. The lowest BCUT2D eigenvalue weighted by Crippen LogP contribution is -2.05. The molecular formula is C13H22. The minimum atomic E-state index is 0.810. The lowest BCUT2D eigenvalue weighted by Gasteiger charge is -2.18. The zero-order chi connectivity index (χ0) is 9.68. The van der Waals surface area contributed by atoms with Crippen molar-refractivity contribution >= 4 is 0 Å². The molecule has 0 aromatic heterocycles. The Morgan fingerprint density at radius 1 is 1.46 bits per heavy atom. The zero-order valence-electron chi connectivity index (χ0n) is 9.22. The molecule has 0 heterocycles. The monoisotopic (exact) mass is 178 g/mol. The Morgan fingerprint density at radius 3 is 2.69 bits per heavy atom.